The van der Waals surface area contributed by atoms with Crippen molar-refractivity contribution < 1.29 is 4.79 Å². The molecule has 1 fully saturated rings. The maximum Gasteiger partial charge on any atom is 0.223 e. The Labute approximate surface area is 138 Å². The molecule has 1 amide bonds. The summed E-state index contributed by atoms with van der Waals surface area (Å²) in [5.41, 5.74) is 1.06. The van der Waals surface area contributed by atoms with E-state index in [2.05, 4.69) is 51.4 Å². The third-order valence-electron chi connectivity index (χ3n) is 4.74. The highest BCUT2D eigenvalue weighted by Gasteiger charge is 2.18. The summed E-state index contributed by atoms with van der Waals surface area (Å²) in [6, 6.07) is 4.14. The molecule has 2 heterocycles. The fourth-order valence-electron chi connectivity index (χ4n) is 3.11. The molecule has 1 aliphatic carbocycles. The molecule has 3 rings (SSSR count). The zero-order chi connectivity index (χ0) is 16.1. The van der Waals surface area contributed by atoms with Crippen molar-refractivity contribution in [1.82, 2.24) is 15.2 Å². The molecular weight excluding hydrogens is 288 g/mol. The number of aromatic nitrogens is 1. The van der Waals surface area contributed by atoms with E-state index in [9.17, 15) is 4.79 Å². The molecule has 1 aromatic heterocycles. The normalized spacial score (nSPS) is 22.1. The van der Waals surface area contributed by atoms with E-state index in [0.29, 0.717) is 6.54 Å². The number of amides is 1. The lowest BCUT2D eigenvalue weighted by atomic mass is 9.93. The largest absolute Gasteiger partial charge is 0.354 e. The molecule has 0 spiro atoms. The molecule has 1 aliphatic heterocycles. The number of nitrogens with zero attached hydrogens (tertiary/aromatic N) is 3. The molecule has 1 aromatic rings. The molecule has 0 aromatic carbocycles. The highest BCUT2D eigenvalue weighted by Crippen LogP contribution is 2.18. The van der Waals surface area contributed by atoms with Gasteiger partial charge in [-0.3, -0.25) is 4.79 Å². The molecule has 124 valence electrons. The first kappa shape index (κ1) is 16.0. The Morgan fingerprint density at radius 3 is 2.74 bits per heavy atom. The molecule has 0 radical (unpaired) electrons. The summed E-state index contributed by atoms with van der Waals surface area (Å²) in [6.45, 7) is 4.77. The number of nitrogens with one attached hydrogen (secondary N) is 1. The molecular formula is C18H26N4O. The quantitative estimate of drug-likeness (QED) is 0.861. The Hall–Kier alpha value is -1.88. The molecule has 1 N–H and O–H groups in total. The summed E-state index contributed by atoms with van der Waals surface area (Å²) in [6.07, 6.45) is 8.99. The summed E-state index contributed by atoms with van der Waals surface area (Å²) in [7, 11) is 2.15. The highest BCUT2D eigenvalue weighted by atomic mass is 16.1. The van der Waals surface area contributed by atoms with Crippen LogP contribution in [0.5, 0.6) is 0 Å². The topological polar surface area (TPSA) is 48.5 Å². The third-order valence-corrected chi connectivity index (χ3v) is 4.74. The minimum absolute atomic E-state index is 0.137. The second-order valence-electron chi connectivity index (χ2n) is 6.51. The third kappa shape index (κ3) is 4.32. The van der Waals surface area contributed by atoms with E-state index in [1.165, 1.54) is 0 Å². The number of allylic oxidation sites excluding steroid dienone is 2. The van der Waals surface area contributed by atoms with Gasteiger partial charge in [-0.1, -0.05) is 18.2 Å². The lowest BCUT2D eigenvalue weighted by Gasteiger charge is -2.33. The van der Waals surface area contributed by atoms with Gasteiger partial charge in [0.05, 0.1) is 0 Å². The van der Waals surface area contributed by atoms with Crippen LogP contribution in [0.15, 0.2) is 30.5 Å². The Kier molecular flexibility index (Phi) is 5.28. The highest BCUT2D eigenvalue weighted by molar-refractivity contribution is 5.78. The molecule has 1 saturated heterocycles. The fraction of sp³-hybridized carbons (Fsp3) is 0.556. The van der Waals surface area contributed by atoms with Gasteiger partial charge in [-0.15, -0.1) is 0 Å². The van der Waals surface area contributed by atoms with Crippen molar-refractivity contribution in [2.45, 2.75) is 25.8 Å². The molecule has 23 heavy (non-hydrogen) atoms. The van der Waals surface area contributed by atoms with Crippen LogP contribution >= 0.6 is 0 Å². The van der Waals surface area contributed by atoms with Crippen LogP contribution in [0.2, 0.25) is 0 Å². The lowest BCUT2D eigenvalue weighted by molar-refractivity contribution is -0.125. The molecule has 0 saturated carbocycles. The minimum atomic E-state index is 0.137. The van der Waals surface area contributed by atoms with Gasteiger partial charge in [-0.25, -0.2) is 4.98 Å². The van der Waals surface area contributed by atoms with Crippen molar-refractivity contribution >= 4 is 11.7 Å². The van der Waals surface area contributed by atoms with Crippen molar-refractivity contribution in [1.29, 1.82) is 0 Å². The van der Waals surface area contributed by atoms with E-state index in [4.69, 9.17) is 0 Å². The standard InChI is InChI=1S/C18H26N4O/c1-21-9-11-22(12-10-21)17-8-7-15(13-19-17)14-20-18(23)16-5-3-2-4-6-16/h2-3,7-8,13,16H,4-6,9-12,14H2,1H3,(H,20,23). The molecule has 0 bridgehead atoms. The van der Waals surface area contributed by atoms with E-state index < -0.39 is 0 Å². The summed E-state index contributed by atoms with van der Waals surface area (Å²) < 4.78 is 0. The van der Waals surface area contributed by atoms with Crippen LogP contribution in [0.25, 0.3) is 0 Å². The number of anilines is 1. The first-order chi connectivity index (χ1) is 11.2. The SMILES string of the molecule is CN1CCN(c2ccc(CNC(=O)C3CC=CCC3)cn2)CC1. The Morgan fingerprint density at radius 1 is 1.26 bits per heavy atom. The van der Waals surface area contributed by atoms with Gasteiger partial charge in [0.2, 0.25) is 5.91 Å². The molecule has 1 unspecified atom stereocenters. The number of hydrogen-bond donors (Lipinski definition) is 1. The van der Waals surface area contributed by atoms with Crippen molar-refractivity contribution in [2.24, 2.45) is 5.92 Å². The van der Waals surface area contributed by atoms with Crippen molar-refractivity contribution in [3.05, 3.63) is 36.0 Å². The number of rotatable bonds is 4. The van der Waals surface area contributed by atoms with Crippen LogP contribution in [-0.4, -0.2) is 49.0 Å². The average Bonchev–Trinajstić information content (AvgIpc) is 2.61. The van der Waals surface area contributed by atoms with Crippen molar-refractivity contribution in [2.75, 3.05) is 38.1 Å². The predicted molar refractivity (Wildman–Crippen MR) is 92.3 cm³/mol. The van der Waals surface area contributed by atoms with Crippen molar-refractivity contribution in [3.8, 4) is 0 Å². The van der Waals surface area contributed by atoms with Gasteiger partial charge in [0.15, 0.2) is 0 Å². The fourth-order valence-corrected chi connectivity index (χ4v) is 3.11. The van der Waals surface area contributed by atoms with Gasteiger partial charge >= 0.3 is 0 Å². The van der Waals surface area contributed by atoms with Gasteiger partial charge < -0.3 is 15.1 Å². The van der Waals surface area contributed by atoms with Gasteiger partial charge in [-0.05, 0) is 37.9 Å². The molecule has 5 heteroatoms. The van der Waals surface area contributed by atoms with Crippen LogP contribution in [-0.2, 0) is 11.3 Å². The smallest absolute Gasteiger partial charge is 0.223 e. The number of pyridine rings is 1. The van der Waals surface area contributed by atoms with Crippen LogP contribution in [0.4, 0.5) is 5.82 Å². The second-order valence-corrected chi connectivity index (χ2v) is 6.51. The maximum absolute atomic E-state index is 12.1. The second kappa shape index (κ2) is 7.59. The summed E-state index contributed by atoms with van der Waals surface area (Å²) in [4.78, 5) is 21.4. The van der Waals surface area contributed by atoms with E-state index >= 15 is 0 Å². The number of hydrogen-bond acceptors (Lipinski definition) is 4. The maximum atomic E-state index is 12.1. The average molecular weight is 314 g/mol. The first-order valence-corrected chi connectivity index (χ1v) is 8.53. The Balaban J connectivity index is 1.49. The number of carbonyl (C=O) groups excluding carboxylic acids is 1. The number of carbonyl (C=O) groups is 1. The predicted octanol–water partition coefficient (Wildman–Crippen LogP) is 1.81. The summed E-state index contributed by atoms with van der Waals surface area (Å²) in [5, 5.41) is 3.04. The van der Waals surface area contributed by atoms with Gasteiger partial charge in [0, 0.05) is 44.8 Å². The minimum Gasteiger partial charge on any atom is -0.354 e. The van der Waals surface area contributed by atoms with Gasteiger partial charge in [0.1, 0.15) is 5.82 Å². The van der Waals surface area contributed by atoms with E-state index in [1.54, 1.807) is 0 Å². The monoisotopic (exact) mass is 314 g/mol. The summed E-state index contributed by atoms with van der Waals surface area (Å²) in [5.74, 6) is 1.33. The zero-order valence-electron chi connectivity index (χ0n) is 13.9. The van der Waals surface area contributed by atoms with Gasteiger partial charge in [0.25, 0.3) is 0 Å². The van der Waals surface area contributed by atoms with Crippen LogP contribution in [0.1, 0.15) is 24.8 Å². The van der Waals surface area contributed by atoms with E-state index in [0.717, 1.165) is 56.8 Å². The molecule has 2 aliphatic rings. The van der Waals surface area contributed by atoms with Crippen LogP contribution in [0.3, 0.4) is 0 Å². The zero-order valence-corrected chi connectivity index (χ0v) is 13.9. The van der Waals surface area contributed by atoms with Crippen LogP contribution in [0, 0.1) is 5.92 Å². The Bertz CT molecular complexity index is 547. The van der Waals surface area contributed by atoms with E-state index in [-0.39, 0.29) is 11.8 Å². The number of piperazine rings is 1. The first-order valence-electron chi connectivity index (χ1n) is 8.53. The molecule has 1 atom stereocenters. The van der Waals surface area contributed by atoms with E-state index in [1.807, 2.05) is 6.20 Å². The van der Waals surface area contributed by atoms with Gasteiger partial charge in [-0.2, -0.15) is 0 Å². The number of likely N-dealkylation sites (N-methyl/N-ethyl adjacent to an activating group) is 1. The summed E-state index contributed by atoms with van der Waals surface area (Å²) >= 11 is 0. The lowest BCUT2D eigenvalue weighted by Crippen LogP contribution is -2.44. The molecule has 5 nitrogen and oxygen atoms in total. The van der Waals surface area contributed by atoms with Crippen LogP contribution < -0.4 is 10.2 Å². The van der Waals surface area contributed by atoms with Crippen molar-refractivity contribution in [3.63, 3.8) is 0 Å². The Morgan fingerprint density at radius 2 is 2.09 bits per heavy atom.